The van der Waals surface area contributed by atoms with E-state index < -0.39 is 12.2 Å². The molecule has 4 aliphatic carbocycles. The molecule has 0 aliphatic heterocycles. The first kappa shape index (κ1) is 15.8. The molecule has 0 aromatic carbocycles. The van der Waals surface area contributed by atoms with Crippen molar-refractivity contribution in [2.75, 3.05) is 0 Å². The topological polar surface area (TPSA) is 77.8 Å². The van der Waals surface area contributed by atoms with Crippen molar-refractivity contribution < 1.29 is 20.1 Å². The Hall–Kier alpha value is -0.710. The third kappa shape index (κ3) is 1.98. The average molecular weight is 320 g/mol. The highest BCUT2D eigenvalue weighted by molar-refractivity contribution is 5.85. The molecule has 0 saturated heterocycles. The van der Waals surface area contributed by atoms with E-state index in [9.17, 15) is 20.1 Å². The van der Waals surface area contributed by atoms with Crippen molar-refractivity contribution >= 4 is 5.78 Å². The van der Waals surface area contributed by atoms with Gasteiger partial charge < -0.3 is 15.3 Å². The molecule has 0 spiro atoms. The quantitative estimate of drug-likeness (QED) is 0.595. The Labute approximate surface area is 137 Å². The van der Waals surface area contributed by atoms with Gasteiger partial charge in [0.1, 0.15) is 5.78 Å². The number of ketones is 1. The molecule has 0 radical (unpaired) electrons. The van der Waals surface area contributed by atoms with E-state index in [1.54, 1.807) is 0 Å². The molecule has 4 rings (SSSR count). The third-order valence-corrected chi connectivity index (χ3v) is 7.75. The lowest BCUT2D eigenvalue weighted by Gasteiger charge is -2.57. The fourth-order valence-corrected chi connectivity index (χ4v) is 6.42. The minimum Gasteiger partial charge on any atom is -0.393 e. The van der Waals surface area contributed by atoms with Gasteiger partial charge in [-0.05, 0) is 43.4 Å². The van der Waals surface area contributed by atoms with E-state index in [0.29, 0.717) is 12.8 Å². The highest BCUT2D eigenvalue weighted by Gasteiger charge is 2.63. The van der Waals surface area contributed by atoms with Gasteiger partial charge in [-0.1, -0.05) is 25.5 Å². The monoisotopic (exact) mass is 320 g/mol. The van der Waals surface area contributed by atoms with Crippen LogP contribution in [0.25, 0.3) is 0 Å². The van der Waals surface area contributed by atoms with Crippen LogP contribution in [-0.4, -0.2) is 39.4 Å². The normalized spacial score (nSPS) is 55.7. The van der Waals surface area contributed by atoms with Crippen LogP contribution in [0.4, 0.5) is 0 Å². The van der Waals surface area contributed by atoms with Gasteiger partial charge in [-0.25, -0.2) is 0 Å². The van der Waals surface area contributed by atoms with Gasteiger partial charge >= 0.3 is 0 Å². The van der Waals surface area contributed by atoms with Gasteiger partial charge in [0, 0.05) is 23.7 Å². The maximum Gasteiger partial charge on any atom is 0.137 e. The number of fused-ring (bicyclic) bond motifs is 5. The SMILES string of the molecule is C[C@]12CC(=O)[C@H]3[C@@H]([C@@H](O)C=C4C[C@@H](O)CC[C@@]43C)[C@@H]1CC[C@@H]2O. The summed E-state index contributed by atoms with van der Waals surface area (Å²) in [7, 11) is 0. The van der Waals surface area contributed by atoms with Gasteiger partial charge in [0.15, 0.2) is 0 Å². The number of carbonyl (C=O) groups excluding carboxylic acids is 1. The van der Waals surface area contributed by atoms with Crippen molar-refractivity contribution in [2.45, 2.75) is 70.7 Å². The van der Waals surface area contributed by atoms with E-state index in [1.165, 1.54) is 0 Å². The molecule has 0 unspecified atom stereocenters. The lowest BCUT2D eigenvalue weighted by molar-refractivity contribution is -0.154. The largest absolute Gasteiger partial charge is 0.393 e. The highest BCUT2D eigenvalue weighted by Crippen LogP contribution is 2.63. The average Bonchev–Trinajstić information content (AvgIpc) is 2.76. The van der Waals surface area contributed by atoms with Crippen LogP contribution >= 0.6 is 0 Å². The number of aliphatic hydroxyl groups excluding tert-OH is 3. The Kier molecular flexibility index (Phi) is 3.37. The summed E-state index contributed by atoms with van der Waals surface area (Å²) in [6.45, 7) is 4.18. The fraction of sp³-hybridized carbons (Fsp3) is 0.842. The van der Waals surface area contributed by atoms with Gasteiger partial charge in [-0.2, -0.15) is 0 Å². The molecule has 3 N–H and O–H groups in total. The van der Waals surface area contributed by atoms with Crippen molar-refractivity contribution in [3.05, 3.63) is 11.6 Å². The van der Waals surface area contributed by atoms with Crippen molar-refractivity contribution in [3.8, 4) is 0 Å². The molecule has 0 aromatic rings. The van der Waals surface area contributed by atoms with Crippen LogP contribution in [0, 0.1) is 28.6 Å². The van der Waals surface area contributed by atoms with E-state index >= 15 is 0 Å². The molecular weight excluding hydrogens is 292 g/mol. The van der Waals surface area contributed by atoms with Gasteiger partial charge in [0.2, 0.25) is 0 Å². The summed E-state index contributed by atoms with van der Waals surface area (Å²) in [6.07, 6.45) is 4.68. The lowest BCUT2D eigenvalue weighted by atomic mass is 9.47. The molecule has 4 aliphatic rings. The molecule has 0 heterocycles. The molecule has 0 amide bonds. The summed E-state index contributed by atoms with van der Waals surface area (Å²) in [6, 6.07) is 0. The summed E-state index contributed by atoms with van der Waals surface area (Å²) in [4.78, 5) is 13.1. The molecule has 3 fully saturated rings. The zero-order valence-electron chi connectivity index (χ0n) is 14.0. The minimum atomic E-state index is -0.632. The zero-order valence-corrected chi connectivity index (χ0v) is 14.0. The number of rotatable bonds is 0. The second kappa shape index (κ2) is 4.90. The molecule has 128 valence electrons. The van der Waals surface area contributed by atoms with E-state index in [-0.39, 0.29) is 40.5 Å². The molecule has 4 nitrogen and oxygen atoms in total. The standard InChI is InChI=1S/C19H28O4/c1-18-6-5-11(20)7-10(18)8-13(21)16-12-3-4-15(23)19(12,2)9-14(22)17(16)18/h8,11-13,15-17,20-21,23H,3-7,9H2,1-2H3/t11-,12-,13-,15-,16+,17-,18-,19-/m0/s1. The van der Waals surface area contributed by atoms with Gasteiger partial charge in [-0.15, -0.1) is 0 Å². The summed E-state index contributed by atoms with van der Waals surface area (Å²) in [5.41, 5.74) is 0.463. The van der Waals surface area contributed by atoms with E-state index in [1.807, 2.05) is 13.0 Å². The van der Waals surface area contributed by atoms with Gasteiger partial charge in [-0.3, -0.25) is 4.79 Å². The van der Waals surface area contributed by atoms with Crippen LogP contribution in [0.15, 0.2) is 11.6 Å². The Morgan fingerprint density at radius 1 is 1.13 bits per heavy atom. The van der Waals surface area contributed by atoms with E-state index in [4.69, 9.17) is 0 Å². The first-order valence-electron chi connectivity index (χ1n) is 9.05. The Bertz CT molecular complexity index is 570. The summed E-state index contributed by atoms with van der Waals surface area (Å²) in [5.74, 6) is 0.172. The van der Waals surface area contributed by atoms with Crippen LogP contribution < -0.4 is 0 Å². The van der Waals surface area contributed by atoms with Crippen LogP contribution in [0.3, 0.4) is 0 Å². The Morgan fingerprint density at radius 2 is 1.87 bits per heavy atom. The smallest absolute Gasteiger partial charge is 0.137 e. The Morgan fingerprint density at radius 3 is 2.61 bits per heavy atom. The van der Waals surface area contributed by atoms with Crippen LogP contribution in [-0.2, 0) is 4.79 Å². The second-order valence-electron chi connectivity index (χ2n) is 8.90. The molecule has 0 aromatic heterocycles. The third-order valence-electron chi connectivity index (χ3n) is 7.75. The highest BCUT2D eigenvalue weighted by atomic mass is 16.3. The first-order valence-corrected chi connectivity index (χ1v) is 9.05. The molecule has 8 atom stereocenters. The maximum absolute atomic E-state index is 13.1. The maximum atomic E-state index is 13.1. The lowest BCUT2D eigenvalue weighted by Crippen LogP contribution is -2.58. The molecule has 0 bridgehead atoms. The first-order chi connectivity index (χ1) is 10.8. The van der Waals surface area contributed by atoms with Crippen molar-refractivity contribution in [1.29, 1.82) is 0 Å². The van der Waals surface area contributed by atoms with Crippen LogP contribution in [0.5, 0.6) is 0 Å². The number of Topliss-reactive ketones (excluding diaryl/α,β-unsaturated/α-hetero) is 1. The van der Waals surface area contributed by atoms with Crippen LogP contribution in [0.2, 0.25) is 0 Å². The van der Waals surface area contributed by atoms with E-state index in [0.717, 1.165) is 31.3 Å². The number of hydrogen-bond donors (Lipinski definition) is 3. The minimum absolute atomic E-state index is 0.0811. The molecule has 23 heavy (non-hydrogen) atoms. The Balaban J connectivity index is 1.79. The predicted octanol–water partition coefficient (Wildman–Crippen LogP) is 1.82. The van der Waals surface area contributed by atoms with Gasteiger partial charge in [0.25, 0.3) is 0 Å². The second-order valence-corrected chi connectivity index (χ2v) is 8.90. The molecule has 3 saturated carbocycles. The number of aliphatic hydroxyl groups is 3. The molecular formula is C19H28O4. The fourth-order valence-electron chi connectivity index (χ4n) is 6.42. The van der Waals surface area contributed by atoms with Crippen molar-refractivity contribution in [3.63, 3.8) is 0 Å². The number of carbonyl (C=O) groups is 1. The summed E-state index contributed by atoms with van der Waals surface area (Å²) < 4.78 is 0. The van der Waals surface area contributed by atoms with Crippen molar-refractivity contribution in [1.82, 2.24) is 0 Å². The van der Waals surface area contributed by atoms with E-state index in [2.05, 4.69) is 6.92 Å². The van der Waals surface area contributed by atoms with Crippen molar-refractivity contribution in [2.24, 2.45) is 28.6 Å². The zero-order chi connectivity index (χ0) is 16.6. The summed E-state index contributed by atoms with van der Waals surface area (Å²) >= 11 is 0. The summed E-state index contributed by atoms with van der Waals surface area (Å²) in [5, 5.41) is 31.2. The van der Waals surface area contributed by atoms with Crippen LogP contribution in [0.1, 0.15) is 52.4 Å². The van der Waals surface area contributed by atoms with Gasteiger partial charge in [0.05, 0.1) is 18.3 Å². The molecule has 4 heteroatoms. The predicted molar refractivity (Wildman–Crippen MR) is 85.5 cm³/mol. The number of hydrogen-bond acceptors (Lipinski definition) is 4.